The molecule has 0 heterocycles. The van der Waals surface area contributed by atoms with Crippen molar-refractivity contribution in [2.75, 3.05) is 6.54 Å². The van der Waals surface area contributed by atoms with Crippen LogP contribution in [0.1, 0.15) is 19.3 Å². The molecule has 0 saturated heterocycles. The summed E-state index contributed by atoms with van der Waals surface area (Å²) in [5.74, 6) is -9.23. The van der Waals surface area contributed by atoms with Crippen molar-refractivity contribution in [1.29, 1.82) is 0 Å². The van der Waals surface area contributed by atoms with Crippen LogP contribution in [0.2, 0.25) is 0 Å². The van der Waals surface area contributed by atoms with Crippen molar-refractivity contribution in [3.63, 3.8) is 0 Å². The molecule has 9 heteroatoms. The fraction of sp³-hybridized carbons (Fsp3) is 0.778. The third-order valence-electron chi connectivity index (χ3n) is 2.44. The molecule has 0 aromatic rings. The molecule has 0 aliphatic heterocycles. The first-order valence-corrected chi connectivity index (χ1v) is 5.04. The minimum Gasteiger partial charge on any atom is -0.481 e. The van der Waals surface area contributed by atoms with E-state index in [-0.39, 0.29) is 0 Å². The molecular formula is C9H10F5NO3. The third kappa shape index (κ3) is 3.08. The van der Waals surface area contributed by atoms with Crippen LogP contribution in [0, 0.1) is 0 Å². The van der Waals surface area contributed by atoms with Crippen LogP contribution in [0.25, 0.3) is 0 Å². The zero-order valence-electron chi connectivity index (χ0n) is 9.01. The first-order chi connectivity index (χ1) is 8.07. The Kier molecular flexibility index (Phi) is 3.82. The fourth-order valence-electron chi connectivity index (χ4n) is 1.35. The number of halogens is 5. The molecule has 18 heavy (non-hydrogen) atoms. The Morgan fingerprint density at radius 3 is 2.00 bits per heavy atom. The molecule has 4 nitrogen and oxygen atoms in total. The van der Waals surface area contributed by atoms with Crippen LogP contribution in [0.15, 0.2) is 0 Å². The lowest BCUT2D eigenvalue weighted by molar-refractivity contribution is -0.274. The number of alkyl halides is 5. The number of carboxylic acid groups (broad SMARTS) is 1. The highest BCUT2D eigenvalue weighted by Crippen LogP contribution is 2.39. The summed E-state index contributed by atoms with van der Waals surface area (Å²) in [4.78, 5) is 21.7. The van der Waals surface area contributed by atoms with Gasteiger partial charge in [0.2, 0.25) is 0 Å². The van der Waals surface area contributed by atoms with Crippen molar-refractivity contribution in [2.24, 2.45) is 0 Å². The molecular weight excluding hydrogens is 265 g/mol. The summed E-state index contributed by atoms with van der Waals surface area (Å²) < 4.78 is 61.7. The van der Waals surface area contributed by atoms with Gasteiger partial charge in [0.05, 0.1) is 6.42 Å². The smallest absolute Gasteiger partial charge is 0.463 e. The largest absolute Gasteiger partial charge is 0.481 e. The molecule has 104 valence electrons. The Morgan fingerprint density at radius 2 is 1.67 bits per heavy atom. The summed E-state index contributed by atoms with van der Waals surface area (Å²) >= 11 is 0. The van der Waals surface area contributed by atoms with Crippen LogP contribution in [-0.4, -0.2) is 46.6 Å². The SMILES string of the molecule is O=C(O)CCN(C(=O)C(F)(F)C(F)(F)F)C1CC1. The standard InChI is InChI=1S/C9H10F5NO3/c10-8(11,9(12,13)14)7(18)15(5-1-2-5)4-3-6(16)17/h5H,1-4H2,(H,16,17). The van der Waals surface area contributed by atoms with E-state index in [0.29, 0.717) is 17.7 Å². The molecule has 1 amide bonds. The van der Waals surface area contributed by atoms with E-state index in [1.165, 1.54) is 0 Å². The highest BCUT2D eigenvalue weighted by atomic mass is 19.4. The maximum Gasteiger partial charge on any atom is 0.463 e. The minimum atomic E-state index is -5.97. The van der Waals surface area contributed by atoms with Crippen LogP contribution in [0.3, 0.4) is 0 Å². The molecule has 0 spiro atoms. The summed E-state index contributed by atoms with van der Waals surface area (Å²) in [6.45, 7) is -0.648. The lowest BCUT2D eigenvalue weighted by Crippen LogP contribution is -2.53. The number of carboxylic acids is 1. The summed E-state index contributed by atoms with van der Waals surface area (Å²) in [6, 6.07) is -0.718. The fourth-order valence-corrected chi connectivity index (χ4v) is 1.35. The molecule has 0 unspecified atom stereocenters. The second-order valence-electron chi connectivity index (χ2n) is 3.95. The van der Waals surface area contributed by atoms with Gasteiger partial charge < -0.3 is 10.0 Å². The van der Waals surface area contributed by atoms with Crippen molar-refractivity contribution in [1.82, 2.24) is 4.90 Å². The predicted octanol–water partition coefficient (Wildman–Crippen LogP) is 1.65. The topological polar surface area (TPSA) is 57.6 Å². The van der Waals surface area contributed by atoms with Crippen molar-refractivity contribution >= 4 is 11.9 Å². The van der Waals surface area contributed by atoms with Crippen molar-refractivity contribution in [2.45, 2.75) is 37.4 Å². The molecule has 1 rings (SSSR count). The van der Waals surface area contributed by atoms with Crippen molar-refractivity contribution < 1.29 is 36.6 Å². The summed E-state index contributed by atoms with van der Waals surface area (Å²) in [5.41, 5.74) is 0. The Hall–Kier alpha value is -1.41. The zero-order valence-corrected chi connectivity index (χ0v) is 9.01. The molecule has 0 atom stereocenters. The molecule has 1 fully saturated rings. The number of carbonyl (C=O) groups excluding carboxylic acids is 1. The number of carbonyl (C=O) groups is 2. The van der Waals surface area contributed by atoms with E-state index in [1.54, 1.807) is 0 Å². The highest BCUT2D eigenvalue weighted by molar-refractivity contribution is 5.85. The van der Waals surface area contributed by atoms with Crippen LogP contribution < -0.4 is 0 Å². The Morgan fingerprint density at radius 1 is 1.17 bits per heavy atom. The Bertz CT molecular complexity index is 351. The lowest BCUT2D eigenvalue weighted by Gasteiger charge is -2.27. The van der Waals surface area contributed by atoms with E-state index in [1.807, 2.05) is 0 Å². The Labute approximate surface area is 98.4 Å². The van der Waals surface area contributed by atoms with E-state index in [9.17, 15) is 31.5 Å². The van der Waals surface area contributed by atoms with Gasteiger partial charge in [-0.1, -0.05) is 0 Å². The van der Waals surface area contributed by atoms with Gasteiger partial charge in [0.25, 0.3) is 0 Å². The van der Waals surface area contributed by atoms with Crippen LogP contribution >= 0.6 is 0 Å². The van der Waals surface area contributed by atoms with Crippen LogP contribution in [0.5, 0.6) is 0 Å². The van der Waals surface area contributed by atoms with Crippen LogP contribution in [-0.2, 0) is 9.59 Å². The van der Waals surface area contributed by atoms with Gasteiger partial charge in [-0.15, -0.1) is 0 Å². The first kappa shape index (κ1) is 14.7. The van der Waals surface area contributed by atoms with E-state index in [2.05, 4.69) is 0 Å². The number of rotatable bonds is 5. The molecule has 0 bridgehead atoms. The monoisotopic (exact) mass is 275 g/mol. The molecule has 0 radical (unpaired) electrons. The van der Waals surface area contributed by atoms with E-state index < -0.39 is 43.0 Å². The second-order valence-corrected chi connectivity index (χ2v) is 3.95. The number of amides is 1. The molecule has 1 aliphatic carbocycles. The van der Waals surface area contributed by atoms with E-state index in [4.69, 9.17) is 5.11 Å². The van der Waals surface area contributed by atoms with Gasteiger partial charge >= 0.3 is 24.0 Å². The quantitative estimate of drug-likeness (QED) is 0.776. The maximum atomic E-state index is 12.8. The third-order valence-corrected chi connectivity index (χ3v) is 2.44. The second kappa shape index (κ2) is 4.69. The normalized spacial score (nSPS) is 16.5. The molecule has 1 N–H and O–H groups in total. The average Bonchev–Trinajstić information content (AvgIpc) is 2.99. The van der Waals surface area contributed by atoms with Gasteiger partial charge in [-0.2, -0.15) is 22.0 Å². The lowest BCUT2D eigenvalue weighted by atomic mass is 10.2. The van der Waals surface area contributed by atoms with E-state index in [0.717, 1.165) is 0 Å². The molecule has 0 aromatic carbocycles. The summed E-state index contributed by atoms with van der Waals surface area (Å²) in [7, 11) is 0. The van der Waals surface area contributed by atoms with Gasteiger partial charge in [-0.3, -0.25) is 9.59 Å². The van der Waals surface area contributed by atoms with Gasteiger partial charge in [0.1, 0.15) is 0 Å². The zero-order chi connectivity index (χ0) is 14.1. The van der Waals surface area contributed by atoms with Gasteiger partial charge in [-0.05, 0) is 12.8 Å². The van der Waals surface area contributed by atoms with Crippen molar-refractivity contribution in [3.05, 3.63) is 0 Å². The minimum absolute atomic E-state index is 0.305. The first-order valence-electron chi connectivity index (χ1n) is 5.04. The van der Waals surface area contributed by atoms with Gasteiger partial charge in [-0.25, -0.2) is 0 Å². The van der Waals surface area contributed by atoms with Gasteiger partial charge in [0, 0.05) is 12.6 Å². The highest BCUT2D eigenvalue weighted by Gasteiger charge is 2.65. The maximum absolute atomic E-state index is 12.8. The Balaban J connectivity index is 2.79. The summed E-state index contributed by atoms with van der Waals surface area (Å²) in [6.07, 6.45) is -6.03. The number of hydrogen-bond donors (Lipinski definition) is 1. The molecule has 1 aliphatic rings. The average molecular weight is 275 g/mol. The van der Waals surface area contributed by atoms with Crippen LogP contribution in [0.4, 0.5) is 22.0 Å². The number of hydrogen-bond acceptors (Lipinski definition) is 2. The predicted molar refractivity (Wildman–Crippen MR) is 48.0 cm³/mol. The molecule has 1 saturated carbocycles. The molecule has 0 aromatic heterocycles. The van der Waals surface area contributed by atoms with Crippen molar-refractivity contribution in [3.8, 4) is 0 Å². The number of aliphatic carboxylic acids is 1. The summed E-state index contributed by atoms with van der Waals surface area (Å²) in [5, 5.41) is 8.36. The number of nitrogens with zero attached hydrogens (tertiary/aromatic N) is 1. The van der Waals surface area contributed by atoms with E-state index >= 15 is 0 Å². The van der Waals surface area contributed by atoms with Gasteiger partial charge in [0.15, 0.2) is 0 Å².